The van der Waals surface area contributed by atoms with Crippen molar-refractivity contribution < 1.29 is 14.3 Å². The highest BCUT2D eigenvalue weighted by atomic mass is 16.5. The molecule has 1 heterocycles. The van der Waals surface area contributed by atoms with Gasteiger partial charge in [0.25, 0.3) is 0 Å². The van der Waals surface area contributed by atoms with E-state index in [9.17, 15) is 10.0 Å². The van der Waals surface area contributed by atoms with Crippen LogP contribution in [0.15, 0.2) is 24.4 Å². The number of aromatic nitrogens is 1. The molecule has 1 rings (SSSR count). The number of carbonyl (C=O) groups excluding carboxylic acids is 1. The highest BCUT2D eigenvalue weighted by molar-refractivity contribution is 5.85. The summed E-state index contributed by atoms with van der Waals surface area (Å²) < 4.78 is 5.13. The van der Waals surface area contributed by atoms with Gasteiger partial charge in [0.1, 0.15) is 0 Å². The van der Waals surface area contributed by atoms with Gasteiger partial charge in [-0.25, -0.2) is 4.79 Å². The van der Waals surface area contributed by atoms with E-state index in [1.165, 1.54) is 12.3 Å². The second-order valence-corrected chi connectivity index (χ2v) is 2.13. The molecule has 64 valence electrons. The minimum atomic E-state index is -0.590. The molecule has 0 aromatic carbocycles. The summed E-state index contributed by atoms with van der Waals surface area (Å²) >= 11 is 0. The maximum absolute atomic E-state index is 11.0. The standard InChI is InChI=1S/C8H9NO3/c1-2-12-8(10)7-5-3-4-6-9(7)11/h3-6H,2H2,1H3. The van der Waals surface area contributed by atoms with E-state index < -0.39 is 5.97 Å². The van der Waals surface area contributed by atoms with E-state index in [0.29, 0.717) is 4.73 Å². The van der Waals surface area contributed by atoms with Gasteiger partial charge >= 0.3 is 11.7 Å². The molecule has 0 N–H and O–H groups in total. The highest BCUT2D eigenvalue weighted by Crippen LogP contribution is 1.93. The number of esters is 1. The van der Waals surface area contributed by atoms with E-state index in [-0.39, 0.29) is 12.3 Å². The molecule has 1 aromatic heterocycles. The predicted octanol–water partition coefficient (Wildman–Crippen LogP) is 0.497. The van der Waals surface area contributed by atoms with Gasteiger partial charge in [-0.2, -0.15) is 4.73 Å². The first-order valence-electron chi connectivity index (χ1n) is 3.61. The molecule has 0 aliphatic rings. The summed E-state index contributed by atoms with van der Waals surface area (Å²) in [6.07, 6.45) is 1.26. The van der Waals surface area contributed by atoms with Crippen LogP contribution in [0.2, 0.25) is 0 Å². The van der Waals surface area contributed by atoms with E-state index in [1.807, 2.05) is 0 Å². The Hall–Kier alpha value is -1.58. The van der Waals surface area contributed by atoms with Crippen LogP contribution in [0.4, 0.5) is 0 Å². The van der Waals surface area contributed by atoms with E-state index in [1.54, 1.807) is 19.1 Å². The Bertz CT molecular complexity index is 285. The molecule has 0 aliphatic heterocycles. The minimum Gasteiger partial charge on any atom is -0.618 e. The van der Waals surface area contributed by atoms with Gasteiger partial charge in [-0.15, -0.1) is 0 Å². The maximum atomic E-state index is 11.0. The molecular formula is C8H9NO3. The van der Waals surface area contributed by atoms with Gasteiger partial charge in [0, 0.05) is 12.1 Å². The van der Waals surface area contributed by atoms with Gasteiger partial charge < -0.3 is 9.94 Å². The van der Waals surface area contributed by atoms with Crippen LogP contribution in [-0.2, 0) is 4.74 Å². The molecule has 0 fully saturated rings. The second kappa shape index (κ2) is 3.71. The smallest absolute Gasteiger partial charge is 0.404 e. The van der Waals surface area contributed by atoms with Gasteiger partial charge in [-0.3, -0.25) is 0 Å². The lowest BCUT2D eigenvalue weighted by molar-refractivity contribution is -0.608. The van der Waals surface area contributed by atoms with E-state index >= 15 is 0 Å². The van der Waals surface area contributed by atoms with Gasteiger partial charge in [0.05, 0.1) is 6.61 Å². The number of rotatable bonds is 2. The first-order valence-corrected chi connectivity index (χ1v) is 3.61. The first-order chi connectivity index (χ1) is 5.75. The Morgan fingerprint density at radius 2 is 2.42 bits per heavy atom. The molecule has 1 aromatic rings. The molecule has 4 heteroatoms. The van der Waals surface area contributed by atoms with Gasteiger partial charge in [0.2, 0.25) is 0 Å². The van der Waals surface area contributed by atoms with Crippen LogP contribution >= 0.6 is 0 Å². The van der Waals surface area contributed by atoms with Gasteiger partial charge in [-0.1, -0.05) is 0 Å². The van der Waals surface area contributed by atoms with Crippen molar-refractivity contribution in [3.05, 3.63) is 35.3 Å². The van der Waals surface area contributed by atoms with Crippen molar-refractivity contribution >= 4 is 5.97 Å². The Morgan fingerprint density at radius 3 is 3.00 bits per heavy atom. The number of hydrogen-bond acceptors (Lipinski definition) is 3. The molecule has 4 nitrogen and oxygen atoms in total. The minimum absolute atomic E-state index is 0.0133. The van der Waals surface area contributed by atoms with Gasteiger partial charge in [0.15, 0.2) is 6.20 Å². The molecule has 0 amide bonds. The van der Waals surface area contributed by atoms with E-state index in [2.05, 4.69) is 4.74 Å². The maximum Gasteiger partial charge on any atom is 0.404 e. The van der Waals surface area contributed by atoms with Crippen molar-refractivity contribution in [2.24, 2.45) is 0 Å². The summed E-state index contributed by atoms with van der Waals surface area (Å²) in [5.74, 6) is -0.590. The zero-order valence-corrected chi connectivity index (χ0v) is 6.69. The van der Waals surface area contributed by atoms with Crippen molar-refractivity contribution in [2.75, 3.05) is 6.61 Å². The molecule has 0 spiro atoms. The third-order valence-electron chi connectivity index (χ3n) is 1.31. The first kappa shape index (κ1) is 8.52. The van der Waals surface area contributed by atoms with Crippen molar-refractivity contribution in [3.8, 4) is 0 Å². The lowest BCUT2D eigenvalue weighted by atomic mass is 10.3. The lowest BCUT2D eigenvalue weighted by Crippen LogP contribution is -2.34. The van der Waals surface area contributed by atoms with Crippen LogP contribution in [0.5, 0.6) is 0 Å². The Balaban J connectivity index is 2.87. The summed E-state index contributed by atoms with van der Waals surface area (Å²) in [5.41, 5.74) is 0.0133. The summed E-state index contributed by atoms with van der Waals surface area (Å²) in [5, 5.41) is 11.0. The van der Waals surface area contributed by atoms with Crippen LogP contribution < -0.4 is 4.73 Å². The number of ether oxygens (including phenoxy) is 1. The SMILES string of the molecule is CCOC(=O)c1cccc[n+]1[O-]. The Labute approximate surface area is 70.0 Å². The molecule has 0 bridgehead atoms. The topological polar surface area (TPSA) is 53.2 Å². The van der Waals surface area contributed by atoms with E-state index in [0.717, 1.165) is 0 Å². The fourth-order valence-corrected chi connectivity index (χ4v) is 0.791. The predicted molar refractivity (Wildman–Crippen MR) is 41.4 cm³/mol. The van der Waals surface area contributed by atoms with Crippen LogP contribution in [0, 0.1) is 5.21 Å². The zero-order valence-electron chi connectivity index (χ0n) is 6.69. The average molecular weight is 167 g/mol. The molecule has 0 atom stereocenters. The molecule has 0 saturated carbocycles. The molecule has 0 radical (unpaired) electrons. The van der Waals surface area contributed by atoms with Crippen LogP contribution in [0.25, 0.3) is 0 Å². The number of nitrogens with zero attached hydrogens (tertiary/aromatic N) is 1. The monoisotopic (exact) mass is 167 g/mol. The normalized spacial score (nSPS) is 9.42. The fourth-order valence-electron chi connectivity index (χ4n) is 0.791. The zero-order chi connectivity index (χ0) is 8.97. The van der Waals surface area contributed by atoms with E-state index in [4.69, 9.17) is 0 Å². The third kappa shape index (κ3) is 1.72. The largest absolute Gasteiger partial charge is 0.618 e. The van der Waals surface area contributed by atoms with Crippen LogP contribution in [0.1, 0.15) is 17.4 Å². The van der Waals surface area contributed by atoms with Crippen molar-refractivity contribution in [3.63, 3.8) is 0 Å². The Morgan fingerprint density at radius 1 is 1.67 bits per heavy atom. The summed E-state index contributed by atoms with van der Waals surface area (Å²) in [6, 6.07) is 4.58. The van der Waals surface area contributed by atoms with Crippen LogP contribution in [-0.4, -0.2) is 12.6 Å². The third-order valence-corrected chi connectivity index (χ3v) is 1.31. The fraction of sp³-hybridized carbons (Fsp3) is 0.250. The number of pyridine rings is 1. The number of hydrogen-bond donors (Lipinski definition) is 0. The van der Waals surface area contributed by atoms with Crippen molar-refractivity contribution in [1.82, 2.24) is 0 Å². The quantitative estimate of drug-likeness (QED) is 0.366. The van der Waals surface area contributed by atoms with Crippen LogP contribution in [0.3, 0.4) is 0 Å². The van der Waals surface area contributed by atoms with Crippen molar-refractivity contribution in [1.29, 1.82) is 0 Å². The summed E-state index contributed by atoms with van der Waals surface area (Å²) in [4.78, 5) is 11.0. The van der Waals surface area contributed by atoms with Gasteiger partial charge in [-0.05, 0) is 13.0 Å². The average Bonchev–Trinajstić information content (AvgIpc) is 2.05. The molecule has 0 aliphatic carbocycles. The molecule has 12 heavy (non-hydrogen) atoms. The highest BCUT2D eigenvalue weighted by Gasteiger charge is 2.14. The second-order valence-electron chi connectivity index (χ2n) is 2.13. The molecule has 0 unspecified atom stereocenters. The molecular weight excluding hydrogens is 158 g/mol. The Kier molecular flexibility index (Phi) is 2.63. The van der Waals surface area contributed by atoms with Crippen molar-refractivity contribution in [2.45, 2.75) is 6.92 Å². The molecule has 0 saturated heterocycles. The summed E-state index contributed by atoms with van der Waals surface area (Å²) in [7, 11) is 0. The number of carbonyl (C=O) groups is 1. The lowest BCUT2D eigenvalue weighted by Gasteiger charge is -2.01. The summed E-state index contributed by atoms with van der Waals surface area (Å²) in [6.45, 7) is 1.96.